The molecule has 2 fully saturated rings. The number of nitrogens with one attached hydrogen (secondary N) is 1. The molecule has 168 valence electrons. The third-order valence-electron chi connectivity index (χ3n) is 6.23. The van der Waals surface area contributed by atoms with Crippen LogP contribution in [0.2, 0.25) is 5.02 Å². The molecule has 9 nitrogen and oxygen atoms in total. The summed E-state index contributed by atoms with van der Waals surface area (Å²) in [7, 11) is 1.73. The SMILES string of the molecule is CCOCCN1N=C(C)C(C)N2C3C(=O)N(Cc4ccc(Cl)cc4)C(=O)N(C)C3NC12. The van der Waals surface area contributed by atoms with E-state index in [1.165, 1.54) is 4.90 Å². The lowest BCUT2D eigenvalue weighted by molar-refractivity contribution is -0.140. The minimum absolute atomic E-state index is 0.0428. The smallest absolute Gasteiger partial charge is 0.328 e. The summed E-state index contributed by atoms with van der Waals surface area (Å²) >= 11 is 5.98. The Morgan fingerprint density at radius 2 is 1.94 bits per heavy atom. The summed E-state index contributed by atoms with van der Waals surface area (Å²) in [6, 6.07) is 6.32. The van der Waals surface area contributed by atoms with Gasteiger partial charge in [-0.25, -0.2) is 9.69 Å². The molecule has 4 unspecified atom stereocenters. The van der Waals surface area contributed by atoms with Gasteiger partial charge in [0, 0.05) is 18.7 Å². The lowest BCUT2D eigenvalue weighted by Gasteiger charge is -2.45. The second-order valence-corrected chi connectivity index (χ2v) is 8.54. The Kier molecular flexibility index (Phi) is 6.20. The van der Waals surface area contributed by atoms with Gasteiger partial charge in [-0.1, -0.05) is 23.7 Å². The first-order valence-corrected chi connectivity index (χ1v) is 11.0. The molecule has 3 aliphatic heterocycles. The summed E-state index contributed by atoms with van der Waals surface area (Å²) in [4.78, 5) is 31.7. The summed E-state index contributed by atoms with van der Waals surface area (Å²) < 4.78 is 5.51. The molecule has 0 saturated carbocycles. The minimum atomic E-state index is -0.505. The van der Waals surface area contributed by atoms with Gasteiger partial charge in [-0.3, -0.25) is 20.0 Å². The van der Waals surface area contributed by atoms with E-state index in [1.807, 2.05) is 37.9 Å². The van der Waals surface area contributed by atoms with Crippen LogP contribution in [0.3, 0.4) is 0 Å². The number of nitrogens with zero attached hydrogens (tertiary/aromatic N) is 5. The molecule has 0 aromatic heterocycles. The lowest BCUT2D eigenvalue weighted by atomic mass is 10.0. The van der Waals surface area contributed by atoms with E-state index in [1.54, 1.807) is 24.1 Å². The van der Waals surface area contributed by atoms with Gasteiger partial charge in [-0.05, 0) is 38.5 Å². The van der Waals surface area contributed by atoms with Gasteiger partial charge in [0.2, 0.25) is 0 Å². The molecule has 0 bridgehead atoms. The molecule has 4 atom stereocenters. The summed E-state index contributed by atoms with van der Waals surface area (Å²) in [5.41, 5.74) is 1.77. The van der Waals surface area contributed by atoms with Gasteiger partial charge >= 0.3 is 6.03 Å². The number of carbonyl (C=O) groups excluding carboxylic acids is 2. The first kappa shape index (κ1) is 22.0. The van der Waals surface area contributed by atoms with Crippen LogP contribution in [0.15, 0.2) is 29.4 Å². The fourth-order valence-electron chi connectivity index (χ4n) is 4.44. The Bertz CT molecular complexity index is 878. The first-order chi connectivity index (χ1) is 14.8. The van der Waals surface area contributed by atoms with Crippen molar-refractivity contribution in [2.24, 2.45) is 5.10 Å². The van der Waals surface area contributed by atoms with E-state index < -0.39 is 12.2 Å². The highest BCUT2D eigenvalue weighted by Gasteiger charge is 2.57. The molecule has 0 radical (unpaired) electrons. The Hall–Kier alpha value is -2.20. The average Bonchev–Trinajstić information content (AvgIpc) is 3.16. The van der Waals surface area contributed by atoms with Crippen LogP contribution in [0.25, 0.3) is 0 Å². The number of ether oxygens (including phenoxy) is 1. The van der Waals surface area contributed by atoms with Crippen LogP contribution in [0, 0.1) is 0 Å². The van der Waals surface area contributed by atoms with Crippen molar-refractivity contribution in [1.29, 1.82) is 0 Å². The maximum absolute atomic E-state index is 13.6. The molecule has 1 aromatic carbocycles. The van der Waals surface area contributed by atoms with Crippen molar-refractivity contribution < 1.29 is 14.3 Å². The van der Waals surface area contributed by atoms with E-state index in [0.29, 0.717) is 24.8 Å². The molecule has 10 heteroatoms. The number of carbonyl (C=O) groups is 2. The van der Waals surface area contributed by atoms with Crippen molar-refractivity contribution in [1.82, 2.24) is 25.0 Å². The molecule has 0 aliphatic carbocycles. The molecule has 1 aromatic rings. The topological polar surface area (TPSA) is 80.7 Å². The van der Waals surface area contributed by atoms with Crippen LogP contribution in [0.5, 0.6) is 0 Å². The quantitative estimate of drug-likeness (QED) is 0.667. The zero-order valence-electron chi connectivity index (χ0n) is 18.3. The number of halogens is 1. The summed E-state index contributed by atoms with van der Waals surface area (Å²) in [5.74, 6) is -0.204. The van der Waals surface area contributed by atoms with E-state index in [2.05, 4.69) is 10.2 Å². The van der Waals surface area contributed by atoms with Gasteiger partial charge < -0.3 is 9.64 Å². The van der Waals surface area contributed by atoms with Gasteiger partial charge in [-0.2, -0.15) is 5.10 Å². The Balaban J connectivity index is 1.61. The van der Waals surface area contributed by atoms with Crippen LogP contribution in [-0.2, 0) is 16.1 Å². The van der Waals surface area contributed by atoms with Gasteiger partial charge in [0.05, 0.1) is 31.4 Å². The number of rotatable bonds is 6. The molecule has 4 rings (SSSR count). The summed E-state index contributed by atoms with van der Waals surface area (Å²) in [5, 5.41) is 10.7. The number of benzene rings is 1. The number of urea groups is 1. The minimum Gasteiger partial charge on any atom is -0.380 e. The van der Waals surface area contributed by atoms with E-state index in [4.69, 9.17) is 21.4 Å². The van der Waals surface area contributed by atoms with E-state index in [0.717, 1.165) is 11.3 Å². The molecule has 3 amide bonds. The number of likely N-dealkylation sites (N-methyl/N-ethyl adjacent to an activating group) is 1. The average molecular weight is 449 g/mol. The Morgan fingerprint density at radius 3 is 2.61 bits per heavy atom. The van der Waals surface area contributed by atoms with Gasteiger partial charge in [-0.15, -0.1) is 0 Å². The summed E-state index contributed by atoms with van der Waals surface area (Å²) in [6.07, 6.45) is -0.714. The van der Waals surface area contributed by atoms with Crippen molar-refractivity contribution in [3.05, 3.63) is 34.9 Å². The molecule has 3 heterocycles. The maximum Gasteiger partial charge on any atom is 0.328 e. The number of hydrazone groups is 1. The molecule has 3 aliphatic rings. The fourth-order valence-corrected chi connectivity index (χ4v) is 4.56. The van der Waals surface area contributed by atoms with E-state index >= 15 is 0 Å². The third-order valence-corrected chi connectivity index (χ3v) is 6.49. The van der Waals surface area contributed by atoms with Gasteiger partial charge in [0.25, 0.3) is 5.91 Å². The van der Waals surface area contributed by atoms with Gasteiger partial charge in [0.15, 0.2) is 6.29 Å². The van der Waals surface area contributed by atoms with Crippen molar-refractivity contribution >= 4 is 29.3 Å². The monoisotopic (exact) mass is 448 g/mol. The molecular formula is C21H29ClN6O3. The normalized spacial score (nSPS) is 28.7. The molecule has 1 N–H and O–H groups in total. The molecule has 0 spiro atoms. The van der Waals surface area contributed by atoms with E-state index in [-0.39, 0.29) is 30.8 Å². The zero-order valence-corrected chi connectivity index (χ0v) is 19.0. The highest BCUT2D eigenvalue weighted by atomic mass is 35.5. The van der Waals surface area contributed by atoms with Crippen molar-refractivity contribution in [2.45, 2.75) is 51.9 Å². The molecule has 2 saturated heterocycles. The van der Waals surface area contributed by atoms with Crippen molar-refractivity contribution in [3.8, 4) is 0 Å². The van der Waals surface area contributed by atoms with Crippen molar-refractivity contribution in [3.63, 3.8) is 0 Å². The van der Waals surface area contributed by atoms with Crippen LogP contribution >= 0.6 is 11.6 Å². The fraction of sp³-hybridized carbons (Fsp3) is 0.571. The third kappa shape index (κ3) is 3.91. The largest absolute Gasteiger partial charge is 0.380 e. The molecular weight excluding hydrogens is 420 g/mol. The van der Waals surface area contributed by atoms with Crippen LogP contribution in [-0.4, -0.2) is 88.7 Å². The van der Waals surface area contributed by atoms with Crippen molar-refractivity contribution in [2.75, 3.05) is 26.8 Å². The second kappa shape index (κ2) is 8.74. The Labute approximate surface area is 187 Å². The number of imide groups is 1. The number of hydrogen-bond donors (Lipinski definition) is 1. The first-order valence-electron chi connectivity index (χ1n) is 10.6. The summed E-state index contributed by atoms with van der Waals surface area (Å²) in [6.45, 7) is 7.93. The van der Waals surface area contributed by atoms with E-state index in [9.17, 15) is 9.59 Å². The Morgan fingerprint density at radius 1 is 1.23 bits per heavy atom. The second-order valence-electron chi connectivity index (χ2n) is 8.10. The predicted molar refractivity (Wildman–Crippen MR) is 117 cm³/mol. The standard InChI is InChI=1S/C21H29ClN6O3/c1-5-31-11-10-27-20-23-18-17(28(20)14(3)13(2)24-27)19(29)26(21(30)25(18)4)12-15-6-8-16(22)9-7-15/h6-9,14,17-18,20,23H,5,10-12H2,1-4H3. The number of amides is 3. The highest BCUT2D eigenvalue weighted by molar-refractivity contribution is 6.30. The predicted octanol–water partition coefficient (Wildman–Crippen LogP) is 1.73. The van der Waals surface area contributed by atoms with Crippen LogP contribution in [0.4, 0.5) is 4.79 Å². The van der Waals surface area contributed by atoms with Crippen LogP contribution < -0.4 is 5.32 Å². The van der Waals surface area contributed by atoms with Crippen LogP contribution in [0.1, 0.15) is 26.3 Å². The number of fused-ring (bicyclic) bond motifs is 3. The highest BCUT2D eigenvalue weighted by Crippen LogP contribution is 2.33. The number of hydrogen-bond acceptors (Lipinski definition) is 7. The maximum atomic E-state index is 13.6. The molecule has 31 heavy (non-hydrogen) atoms. The van der Waals surface area contributed by atoms with Gasteiger partial charge in [0.1, 0.15) is 12.2 Å². The lowest BCUT2D eigenvalue weighted by Crippen LogP contribution is -2.67. The zero-order chi connectivity index (χ0) is 22.3.